The summed E-state index contributed by atoms with van der Waals surface area (Å²) in [5.41, 5.74) is 0. The Morgan fingerprint density at radius 3 is 1.79 bits per heavy atom. The molecule has 0 aliphatic heterocycles. The van der Waals surface area contributed by atoms with Crippen molar-refractivity contribution in [2.75, 3.05) is 12.3 Å². The van der Waals surface area contributed by atoms with Crippen LogP contribution in [0, 0.1) is 0 Å². The number of allylic oxidation sites excluding steroid dienone is 1. The molecule has 0 heterocycles. The third-order valence-electron chi connectivity index (χ3n) is 3.63. The van der Waals surface area contributed by atoms with E-state index in [9.17, 15) is 9.67 Å². The van der Waals surface area contributed by atoms with Crippen LogP contribution in [0.1, 0.15) is 72.1 Å². The summed E-state index contributed by atoms with van der Waals surface area (Å²) in [5.74, 6) is -0.722. The molecule has 0 amide bonds. The maximum Gasteiger partial charge on any atom is 0.125 e. The fraction of sp³-hybridized carbons (Fsp3) is 0.875. The fourth-order valence-corrected chi connectivity index (χ4v) is 5.07. The van der Waals surface area contributed by atoms with Crippen LogP contribution in [-0.4, -0.2) is 23.3 Å². The van der Waals surface area contributed by atoms with Gasteiger partial charge in [0, 0.05) is 12.3 Å². The minimum absolute atomic E-state index is 0.713. The first-order chi connectivity index (χ1) is 9.10. The van der Waals surface area contributed by atoms with Crippen molar-refractivity contribution in [1.82, 2.24) is 0 Å². The van der Waals surface area contributed by atoms with Gasteiger partial charge in [-0.25, -0.2) is 0 Å². The van der Waals surface area contributed by atoms with Gasteiger partial charge in [-0.1, -0.05) is 64.5 Å². The molecule has 0 aromatic carbocycles. The van der Waals surface area contributed by atoms with Crippen molar-refractivity contribution in [2.45, 2.75) is 78.0 Å². The second-order valence-electron chi connectivity index (χ2n) is 5.46. The van der Waals surface area contributed by atoms with Gasteiger partial charge in [-0.05, 0) is 19.8 Å². The van der Waals surface area contributed by atoms with Crippen LogP contribution in [-0.2, 0) is 4.57 Å². The summed E-state index contributed by atoms with van der Waals surface area (Å²) in [5, 5.41) is 10.1. The number of unbranched alkanes of at least 4 members (excludes halogenated alkanes) is 6. The lowest BCUT2D eigenvalue weighted by Gasteiger charge is -2.22. The van der Waals surface area contributed by atoms with Gasteiger partial charge >= 0.3 is 0 Å². The zero-order valence-corrected chi connectivity index (χ0v) is 14.0. The average molecular weight is 288 g/mol. The molecule has 0 radical (unpaired) electrons. The minimum Gasteiger partial charge on any atom is -0.381 e. The van der Waals surface area contributed by atoms with E-state index in [4.69, 9.17) is 0 Å². The van der Waals surface area contributed by atoms with Crippen molar-refractivity contribution < 1.29 is 9.67 Å². The Morgan fingerprint density at radius 2 is 1.42 bits per heavy atom. The van der Waals surface area contributed by atoms with E-state index in [-0.39, 0.29) is 0 Å². The normalized spacial score (nSPS) is 14.1. The van der Waals surface area contributed by atoms with Gasteiger partial charge in [0.2, 0.25) is 0 Å². The van der Waals surface area contributed by atoms with Crippen molar-refractivity contribution in [1.29, 1.82) is 0 Å². The van der Waals surface area contributed by atoms with E-state index in [1.54, 1.807) is 6.08 Å². The number of hydrogen-bond donors (Lipinski definition) is 1. The Labute approximate surface area is 120 Å². The molecule has 0 aliphatic rings. The van der Waals surface area contributed by atoms with Crippen LogP contribution >= 0.6 is 7.14 Å². The van der Waals surface area contributed by atoms with Crippen molar-refractivity contribution in [3.05, 3.63) is 12.2 Å². The zero-order chi connectivity index (χ0) is 14.6. The largest absolute Gasteiger partial charge is 0.381 e. The third-order valence-corrected chi connectivity index (χ3v) is 6.91. The lowest BCUT2D eigenvalue weighted by molar-refractivity contribution is 0.291. The average Bonchev–Trinajstić information content (AvgIpc) is 2.40. The van der Waals surface area contributed by atoms with E-state index in [1.807, 2.05) is 13.0 Å². The van der Waals surface area contributed by atoms with E-state index in [2.05, 4.69) is 13.8 Å². The molecule has 19 heavy (non-hydrogen) atoms. The van der Waals surface area contributed by atoms with Crippen LogP contribution < -0.4 is 0 Å². The highest BCUT2D eigenvalue weighted by Crippen LogP contribution is 2.51. The van der Waals surface area contributed by atoms with Crippen LogP contribution in [0.5, 0.6) is 0 Å². The molecule has 0 fully saturated rings. The van der Waals surface area contributed by atoms with Gasteiger partial charge in [0.25, 0.3) is 0 Å². The molecule has 2 nitrogen and oxygen atoms in total. The molecule has 0 aromatic heterocycles. The number of aliphatic hydroxyl groups excluding tert-OH is 1. The Hall–Kier alpha value is -0.0700. The van der Waals surface area contributed by atoms with E-state index in [1.165, 1.54) is 25.7 Å². The minimum atomic E-state index is -2.44. The second-order valence-corrected chi connectivity index (χ2v) is 8.79. The lowest BCUT2D eigenvalue weighted by atomic mass is 10.2. The predicted molar refractivity (Wildman–Crippen MR) is 86.4 cm³/mol. The molecule has 0 aliphatic carbocycles. The number of rotatable bonds is 12. The molecule has 1 atom stereocenters. The summed E-state index contributed by atoms with van der Waals surface area (Å²) >= 11 is 0. The topological polar surface area (TPSA) is 37.3 Å². The number of hydrogen-bond acceptors (Lipinski definition) is 2. The molecule has 0 aromatic rings. The molecule has 0 spiro atoms. The van der Waals surface area contributed by atoms with Gasteiger partial charge in [-0.15, -0.1) is 0 Å². The molecule has 3 heteroatoms. The summed E-state index contributed by atoms with van der Waals surface area (Å²) in [4.78, 5) is 0. The van der Waals surface area contributed by atoms with E-state index < -0.39 is 13.0 Å². The molecule has 0 saturated heterocycles. The van der Waals surface area contributed by atoms with Crippen molar-refractivity contribution in [3.8, 4) is 0 Å². The molecular weight excluding hydrogens is 255 g/mol. The summed E-state index contributed by atoms with van der Waals surface area (Å²) in [6, 6.07) is 0. The third kappa shape index (κ3) is 8.65. The van der Waals surface area contributed by atoms with E-state index in [0.717, 1.165) is 25.7 Å². The van der Waals surface area contributed by atoms with Gasteiger partial charge in [-0.3, -0.25) is 0 Å². The second kappa shape index (κ2) is 11.7. The smallest absolute Gasteiger partial charge is 0.125 e. The highest BCUT2D eigenvalue weighted by Gasteiger charge is 2.28. The summed E-state index contributed by atoms with van der Waals surface area (Å²) in [6.07, 6.45) is 14.0. The standard InChI is InChI=1S/C16H33O2P/c1-4-7-9-11-14-19(18,16(17)13-6-3)15-12-10-8-5-2/h6,13,16-17H,4-5,7-12,14-15H2,1-3H3/b13-6+. The van der Waals surface area contributed by atoms with Crippen molar-refractivity contribution >= 4 is 7.14 Å². The Morgan fingerprint density at radius 1 is 0.947 bits per heavy atom. The summed E-state index contributed by atoms with van der Waals surface area (Å²) in [7, 11) is -2.44. The van der Waals surface area contributed by atoms with Gasteiger partial charge < -0.3 is 9.67 Å². The monoisotopic (exact) mass is 288 g/mol. The highest BCUT2D eigenvalue weighted by molar-refractivity contribution is 7.64. The first-order valence-corrected chi connectivity index (χ1v) is 10.1. The van der Waals surface area contributed by atoms with Crippen LogP contribution in [0.15, 0.2) is 12.2 Å². The molecule has 0 rings (SSSR count). The Kier molecular flexibility index (Phi) is 11.7. The van der Waals surface area contributed by atoms with Crippen LogP contribution in [0.4, 0.5) is 0 Å². The number of aliphatic hydroxyl groups is 1. The summed E-state index contributed by atoms with van der Waals surface area (Å²) in [6.45, 7) is 6.24. The molecule has 0 bridgehead atoms. The fourth-order valence-electron chi connectivity index (χ4n) is 2.32. The van der Waals surface area contributed by atoms with Gasteiger partial charge in [0.1, 0.15) is 13.0 Å². The maximum absolute atomic E-state index is 12.9. The summed E-state index contributed by atoms with van der Waals surface area (Å²) < 4.78 is 12.9. The quantitative estimate of drug-likeness (QED) is 0.296. The van der Waals surface area contributed by atoms with Crippen LogP contribution in [0.25, 0.3) is 0 Å². The van der Waals surface area contributed by atoms with Crippen molar-refractivity contribution in [2.24, 2.45) is 0 Å². The van der Waals surface area contributed by atoms with Crippen molar-refractivity contribution in [3.63, 3.8) is 0 Å². The molecule has 1 unspecified atom stereocenters. The lowest BCUT2D eigenvalue weighted by Crippen LogP contribution is -2.11. The van der Waals surface area contributed by atoms with Crippen LogP contribution in [0.3, 0.4) is 0 Å². The molecular formula is C16H33O2P. The molecule has 1 N–H and O–H groups in total. The molecule has 0 saturated carbocycles. The Balaban J connectivity index is 4.32. The van der Waals surface area contributed by atoms with E-state index in [0.29, 0.717) is 12.3 Å². The van der Waals surface area contributed by atoms with Gasteiger partial charge in [0.15, 0.2) is 0 Å². The zero-order valence-electron chi connectivity index (χ0n) is 13.1. The van der Waals surface area contributed by atoms with Gasteiger partial charge in [0.05, 0.1) is 0 Å². The predicted octanol–water partition coefficient (Wildman–Crippen LogP) is 5.40. The Bertz CT molecular complexity index is 258. The first-order valence-electron chi connectivity index (χ1n) is 7.99. The first kappa shape index (κ1) is 18.9. The highest BCUT2D eigenvalue weighted by atomic mass is 31.2. The maximum atomic E-state index is 12.9. The SMILES string of the molecule is C/C=C/C(O)P(=O)(CCCCCC)CCCCCC. The van der Waals surface area contributed by atoms with E-state index >= 15 is 0 Å². The van der Waals surface area contributed by atoms with Crippen LogP contribution in [0.2, 0.25) is 0 Å². The molecule has 114 valence electrons. The van der Waals surface area contributed by atoms with Gasteiger partial charge in [-0.2, -0.15) is 0 Å².